The molecule has 1 aromatic heterocycles. The van der Waals surface area contributed by atoms with Crippen LogP contribution in [0.2, 0.25) is 0 Å². The van der Waals surface area contributed by atoms with E-state index in [0.29, 0.717) is 16.8 Å². The fourth-order valence-electron chi connectivity index (χ4n) is 4.46. The number of amides is 4. The minimum atomic E-state index is -1.21. The largest absolute Gasteiger partial charge is 0.322 e. The normalized spacial score (nSPS) is 17.2. The number of hydrogen-bond donors (Lipinski definition) is 3. The molecular formula is C28H24N4O3. The Hall–Kier alpha value is -4.52. The third kappa shape index (κ3) is 4.01. The van der Waals surface area contributed by atoms with Gasteiger partial charge in [-0.3, -0.25) is 14.9 Å². The zero-order chi connectivity index (χ0) is 24.7. The smallest absolute Gasteiger partial charge is 0.322 e. The Bertz CT molecular complexity index is 1530. The molecule has 4 aromatic rings. The number of para-hydroxylation sites is 1. The van der Waals surface area contributed by atoms with E-state index in [0.717, 1.165) is 33.3 Å². The van der Waals surface area contributed by atoms with E-state index in [1.807, 2.05) is 56.3 Å². The Morgan fingerprint density at radius 3 is 2.49 bits per heavy atom. The summed E-state index contributed by atoms with van der Waals surface area (Å²) >= 11 is 0. The third-order valence-corrected chi connectivity index (χ3v) is 6.36. The second-order valence-corrected chi connectivity index (χ2v) is 8.96. The molecule has 35 heavy (non-hydrogen) atoms. The lowest BCUT2D eigenvalue weighted by molar-refractivity contribution is -0.123. The van der Waals surface area contributed by atoms with E-state index in [9.17, 15) is 14.4 Å². The van der Waals surface area contributed by atoms with Gasteiger partial charge in [0.15, 0.2) is 0 Å². The van der Waals surface area contributed by atoms with Crippen LogP contribution in [0.25, 0.3) is 22.2 Å². The molecule has 1 aliphatic rings. The number of nitrogens with zero attached hydrogens (tertiary/aromatic N) is 1. The molecular weight excluding hydrogens is 440 g/mol. The number of rotatable bonds is 4. The Balaban J connectivity index is 1.53. The predicted molar refractivity (Wildman–Crippen MR) is 135 cm³/mol. The molecule has 174 valence electrons. The summed E-state index contributed by atoms with van der Waals surface area (Å²) in [6.07, 6.45) is 0. The van der Waals surface area contributed by atoms with E-state index in [2.05, 4.69) is 22.0 Å². The molecule has 1 atom stereocenters. The maximum Gasteiger partial charge on any atom is 0.322 e. The number of pyridine rings is 1. The SMILES string of the molecule is Cc1ccc(-c2cc(C(=O)Nc3cccc(C4(C)NC(=O)NC4=O)c3)c3ccccc3n2)c(C)c1. The zero-order valence-corrected chi connectivity index (χ0v) is 19.6. The lowest BCUT2D eigenvalue weighted by atomic mass is 9.92. The van der Waals surface area contributed by atoms with Gasteiger partial charge in [-0.25, -0.2) is 9.78 Å². The van der Waals surface area contributed by atoms with Gasteiger partial charge >= 0.3 is 6.03 Å². The highest BCUT2D eigenvalue weighted by Crippen LogP contribution is 2.30. The number of anilines is 1. The first-order chi connectivity index (χ1) is 16.7. The molecule has 0 radical (unpaired) electrons. The Morgan fingerprint density at radius 2 is 1.74 bits per heavy atom. The second kappa shape index (κ2) is 8.36. The summed E-state index contributed by atoms with van der Waals surface area (Å²) in [6.45, 7) is 5.70. The van der Waals surface area contributed by atoms with E-state index in [1.165, 1.54) is 0 Å². The first-order valence-electron chi connectivity index (χ1n) is 11.3. The number of fused-ring (bicyclic) bond motifs is 1. The summed E-state index contributed by atoms with van der Waals surface area (Å²) in [5.74, 6) is -0.735. The highest BCUT2D eigenvalue weighted by atomic mass is 16.2. The van der Waals surface area contributed by atoms with Crippen LogP contribution in [0, 0.1) is 13.8 Å². The Morgan fingerprint density at radius 1 is 0.943 bits per heavy atom. The minimum Gasteiger partial charge on any atom is -0.322 e. The highest BCUT2D eigenvalue weighted by molar-refractivity contribution is 6.13. The van der Waals surface area contributed by atoms with Crippen LogP contribution in [0.3, 0.4) is 0 Å². The van der Waals surface area contributed by atoms with E-state index < -0.39 is 17.5 Å². The second-order valence-electron chi connectivity index (χ2n) is 8.96. The van der Waals surface area contributed by atoms with Crippen molar-refractivity contribution in [2.45, 2.75) is 26.3 Å². The van der Waals surface area contributed by atoms with Crippen molar-refractivity contribution >= 4 is 34.4 Å². The summed E-state index contributed by atoms with van der Waals surface area (Å²) in [7, 11) is 0. The highest BCUT2D eigenvalue weighted by Gasteiger charge is 2.43. The van der Waals surface area contributed by atoms with Gasteiger partial charge in [-0.15, -0.1) is 0 Å². The zero-order valence-electron chi connectivity index (χ0n) is 19.6. The molecule has 0 bridgehead atoms. The molecule has 1 aliphatic heterocycles. The summed E-state index contributed by atoms with van der Waals surface area (Å²) in [4.78, 5) is 42.3. The molecule has 1 fully saturated rings. The maximum atomic E-state index is 13.5. The number of carbonyl (C=O) groups excluding carboxylic acids is 3. The number of urea groups is 1. The van der Waals surface area contributed by atoms with E-state index in [4.69, 9.17) is 4.98 Å². The Labute approximate surface area is 202 Å². The number of nitrogens with one attached hydrogen (secondary N) is 3. The fraction of sp³-hybridized carbons (Fsp3) is 0.143. The van der Waals surface area contributed by atoms with Gasteiger partial charge in [0, 0.05) is 16.6 Å². The monoisotopic (exact) mass is 464 g/mol. The van der Waals surface area contributed by atoms with Gasteiger partial charge in [0.25, 0.3) is 11.8 Å². The van der Waals surface area contributed by atoms with Crippen LogP contribution in [-0.2, 0) is 10.3 Å². The number of aryl methyl sites for hydroxylation is 2. The lowest BCUT2D eigenvalue weighted by Crippen LogP contribution is -2.40. The minimum absolute atomic E-state index is 0.295. The van der Waals surface area contributed by atoms with Crippen LogP contribution in [0.15, 0.2) is 72.8 Å². The number of benzene rings is 3. The van der Waals surface area contributed by atoms with Crippen molar-refractivity contribution in [2.75, 3.05) is 5.32 Å². The average Bonchev–Trinajstić information content (AvgIpc) is 3.10. The van der Waals surface area contributed by atoms with Crippen molar-refractivity contribution in [3.63, 3.8) is 0 Å². The topological polar surface area (TPSA) is 100 Å². The molecule has 1 saturated heterocycles. The summed E-state index contributed by atoms with van der Waals surface area (Å²) in [5.41, 5.74) is 5.01. The van der Waals surface area contributed by atoms with Crippen LogP contribution >= 0.6 is 0 Å². The van der Waals surface area contributed by atoms with Crippen LogP contribution in [0.4, 0.5) is 10.5 Å². The van der Waals surface area contributed by atoms with Crippen molar-refractivity contribution in [3.05, 3.63) is 95.1 Å². The molecule has 2 heterocycles. The summed E-state index contributed by atoms with van der Waals surface area (Å²) in [6, 6.07) is 21.9. The van der Waals surface area contributed by atoms with Crippen LogP contribution in [-0.4, -0.2) is 22.8 Å². The van der Waals surface area contributed by atoms with Gasteiger partial charge in [0.05, 0.1) is 16.8 Å². The molecule has 0 spiro atoms. The fourth-order valence-corrected chi connectivity index (χ4v) is 4.46. The molecule has 7 nitrogen and oxygen atoms in total. The van der Waals surface area contributed by atoms with E-state index in [1.54, 1.807) is 31.2 Å². The number of imide groups is 1. The molecule has 4 amide bonds. The average molecular weight is 465 g/mol. The molecule has 1 unspecified atom stereocenters. The number of aromatic nitrogens is 1. The van der Waals surface area contributed by atoms with Gasteiger partial charge < -0.3 is 10.6 Å². The van der Waals surface area contributed by atoms with Crippen molar-refractivity contribution in [3.8, 4) is 11.3 Å². The molecule has 3 aromatic carbocycles. The van der Waals surface area contributed by atoms with Gasteiger partial charge in [-0.2, -0.15) is 0 Å². The van der Waals surface area contributed by atoms with Gasteiger partial charge in [-0.05, 0) is 56.2 Å². The van der Waals surface area contributed by atoms with Crippen LogP contribution in [0.5, 0.6) is 0 Å². The van der Waals surface area contributed by atoms with Gasteiger partial charge in [0.2, 0.25) is 0 Å². The quantitative estimate of drug-likeness (QED) is 0.377. The van der Waals surface area contributed by atoms with Crippen molar-refractivity contribution in [1.82, 2.24) is 15.6 Å². The van der Waals surface area contributed by atoms with Crippen molar-refractivity contribution in [2.24, 2.45) is 0 Å². The molecule has 7 heteroatoms. The van der Waals surface area contributed by atoms with E-state index in [-0.39, 0.29) is 5.91 Å². The van der Waals surface area contributed by atoms with E-state index >= 15 is 0 Å². The molecule has 0 aliphatic carbocycles. The predicted octanol–water partition coefficient (Wildman–Crippen LogP) is 4.83. The summed E-state index contributed by atoms with van der Waals surface area (Å²) < 4.78 is 0. The molecule has 3 N–H and O–H groups in total. The molecule has 5 rings (SSSR count). The van der Waals surface area contributed by atoms with Gasteiger partial charge in [0.1, 0.15) is 5.54 Å². The Kier molecular flexibility index (Phi) is 5.32. The molecule has 0 saturated carbocycles. The number of carbonyl (C=O) groups is 3. The number of hydrogen-bond acceptors (Lipinski definition) is 4. The first-order valence-corrected chi connectivity index (χ1v) is 11.3. The lowest BCUT2D eigenvalue weighted by Gasteiger charge is -2.21. The maximum absolute atomic E-state index is 13.5. The van der Waals surface area contributed by atoms with Crippen LogP contribution < -0.4 is 16.0 Å². The van der Waals surface area contributed by atoms with Crippen molar-refractivity contribution < 1.29 is 14.4 Å². The van der Waals surface area contributed by atoms with Gasteiger partial charge in [-0.1, -0.05) is 54.1 Å². The summed E-state index contributed by atoms with van der Waals surface area (Å²) in [5, 5.41) is 8.59. The standard InChI is InChI=1S/C28H24N4O3/c1-16-11-12-20(17(2)13-16)24-15-22(21-9-4-5-10-23(21)30-24)25(33)29-19-8-6-7-18(14-19)28(3)26(34)31-27(35)32-28/h4-15H,1-3H3,(H,29,33)(H2,31,32,34,35). The van der Waals surface area contributed by atoms with Crippen molar-refractivity contribution in [1.29, 1.82) is 0 Å². The third-order valence-electron chi connectivity index (χ3n) is 6.36. The van der Waals surface area contributed by atoms with Crippen LogP contribution in [0.1, 0.15) is 34.0 Å². The first kappa shape index (κ1) is 22.3.